The first-order chi connectivity index (χ1) is 14.6. The number of H-pyrrole nitrogens is 1. The first-order valence-electron chi connectivity index (χ1n) is 8.90. The van der Waals surface area contributed by atoms with E-state index in [2.05, 4.69) is 20.2 Å². The molecule has 5 aromatic rings. The van der Waals surface area contributed by atoms with E-state index in [1.54, 1.807) is 23.5 Å². The fraction of sp³-hybridized carbons (Fsp3) is 0.100. The summed E-state index contributed by atoms with van der Waals surface area (Å²) in [6, 6.07) is 11.2. The van der Waals surface area contributed by atoms with Gasteiger partial charge in [0.15, 0.2) is 0 Å². The quantitative estimate of drug-likeness (QED) is 0.303. The van der Waals surface area contributed by atoms with Crippen molar-refractivity contribution < 1.29 is 4.42 Å². The maximum Gasteiger partial charge on any atom is 0.277 e. The number of aromatic amines is 1. The normalized spacial score (nSPS) is 12.5. The van der Waals surface area contributed by atoms with E-state index >= 15 is 0 Å². The second-order valence-electron chi connectivity index (χ2n) is 6.40. The van der Waals surface area contributed by atoms with Crippen LogP contribution in [0.15, 0.2) is 61.6 Å². The Bertz CT molecular complexity index is 1370. The number of benzene rings is 1. The maximum absolute atomic E-state index is 12.8. The van der Waals surface area contributed by atoms with Crippen LogP contribution in [0.25, 0.3) is 32.1 Å². The second kappa shape index (κ2) is 7.99. The van der Waals surface area contributed by atoms with E-state index in [1.807, 2.05) is 41.9 Å². The Labute approximate surface area is 188 Å². The molecule has 0 spiro atoms. The molecule has 1 aromatic carbocycles. The molecule has 5 rings (SSSR count). The van der Waals surface area contributed by atoms with Crippen LogP contribution in [0.4, 0.5) is 0 Å². The summed E-state index contributed by atoms with van der Waals surface area (Å²) in [5.74, 6) is 0.987. The van der Waals surface area contributed by atoms with E-state index in [-0.39, 0.29) is 10.8 Å². The van der Waals surface area contributed by atoms with E-state index in [1.165, 1.54) is 23.1 Å². The summed E-state index contributed by atoms with van der Waals surface area (Å²) in [7, 11) is 0. The summed E-state index contributed by atoms with van der Waals surface area (Å²) in [5, 5.41) is 13.7. The number of nitrogens with zero attached hydrogens (tertiary/aromatic N) is 3. The molecule has 0 saturated heterocycles. The van der Waals surface area contributed by atoms with Gasteiger partial charge in [-0.2, -0.15) is 0 Å². The Hall–Kier alpha value is -2.46. The average molecular weight is 473 g/mol. The van der Waals surface area contributed by atoms with Gasteiger partial charge in [0.1, 0.15) is 10.7 Å². The highest BCUT2D eigenvalue weighted by Gasteiger charge is 2.19. The van der Waals surface area contributed by atoms with Crippen LogP contribution in [0, 0.1) is 0 Å². The van der Waals surface area contributed by atoms with Crippen molar-refractivity contribution in [3.05, 3.63) is 68.4 Å². The molecular formula is C20H13ClN4O2S3. The molecular weight excluding hydrogens is 460 g/mol. The molecule has 1 unspecified atom stereocenters. The molecule has 1 N–H and O–H groups in total. The largest absolute Gasteiger partial charge is 0.411 e. The Morgan fingerprint density at radius 1 is 1.17 bits per heavy atom. The minimum atomic E-state index is -0.173. The molecule has 0 aliphatic carbocycles. The van der Waals surface area contributed by atoms with Gasteiger partial charge in [-0.25, -0.2) is 4.98 Å². The number of halogens is 1. The van der Waals surface area contributed by atoms with Crippen LogP contribution in [0.5, 0.6) is 0 Å². The predicted molar refractivity (Wildman–Crippen MR) is 123 cm³/mol. The van der Waals surface area contributed by atoms with Crippen molar-refractivity contribution in [1.29, 1.82) is 0 Å². The summed E-state index contributed by atoms with van der Waals surface area (Å²) in [4.78, 5) is 22.2. The standard InChI is InChI=1S/C20H13ClN4O2S3/c1-10(30-20-25-24-18(27-20)11-4-6-12(21)7-5-11)16-22-17(26)15-13(9-29-19(15)23-16)14-3-2-8-28-14/h2-10H,1H3,(H,22,23,26). The molecule has 0 radical (unpaired) electrons. The van der Waals surface area contributed by atoms with Gasteiger partial charge in [0, 0.05) is 26.4 Å². The monoisotopic (exact) mass is 472 g/mol. The lowest BCUT2D eigenvalue weighted by atomic mass is 10.2. The maximum atomic E-state index is 12.8. The SMILES string of the molecule is CC(Sc1nnc(-c2ccc(Cl)cc2)o1)c1nc2scc(-c3cccs3)c2c(=O)[nH]1. The molecule has 0 bridgehead atoms. The number of nitrogens with one attached hydrogen (secondary N) is 1. The zero-order valence-electron chi connectivity index (χ0n) is 15.5. The number of aromatic nitrogens is 4. The van der Waals surface area contributed by atoms with Crippen LogP contribution < -0.4 is 5.56 Å². The molecule has 0 saturated carbocycles. The fourth-order valence-corrected chi connectivity index (χ4v) is 5.58. The van der Waals surface area contributed by atoms with Gasteiger partial charge in [-0.05, 0) is 42.6 Å². The van der Waals surface area contributed by atoms with Gasteiger partial charge in [0.25, 0.3) is 10.8 Å². The summed E-state index contributed by atoms with van der Waals surface area (Å²) in [6.45, 7) is 1.94. The van der Waals surface area contributed by atoms with Gasteiger partial charge in [-0.1, -0.05) is 29.4 Å². The molecule has 0 aliphatic heterocycles. The molecule has 4 aromatic heterocycles. The number of fused-ring (bicyclic) bond motifs is 1. The van der Waals surface area contributed by atoms with Crippen LogP contribution in [0.3, 0.4) is 0 Å². The Morgan fingerprint density at radius 3 is 2.77 bits per heavy atom. The van der Waals surface area contributed by atoms with Gasteiger partial charge in [-0.15, -0.1) is 32.9 Å². The zero-order chi connectivity index (χ0) is 20.7. The molecule has 6 nitrogen and oxygen atoms in total. The van der Waals surface area contributed by atoms with Crippen molar-refractivity contribution >= 4 is 56.3 Å². The first kappa shape index (κ1) is 19.5. The zero-order valence-corrected chi connectivity index (χ0v) is 18.7. The summed E-state index contributed by atoms with van der Waals surface area (Å²) < 4.78 is 5.75. The average Bonchev–Trinajstić information content (AvgIpc) is 3.49. The first-order valence-corrected chi connectivity index (χ1v) is 11.9. The number of hydrogen-bond acceptors (Lipinski definition) is 8. The number of thioether (sulfide) groups is 1. The predicted octanol–water partition coefficient (Wildman–Crippen LogP) is 6.27. The van der Waals surface area contributed by atoms with Crippen molar-refractivity contribution in [3.8, 4) is 21.9 Å². The highest BCUT2D eigenvalue weighted by molar-refractivity contribution is 7.99. The number of thiophene rings is 2. The van der Waals surface area contributed by atoms with Crippen LogP contribution in [0.2, 0.25) is 5.02 Å². The molecule has 0 aliphatic rings. The molecule has 150 valence electrons. The van der Waals surface area contributed by atoms with Crippen LogP contribution in [-0.4, -0.2) is 20.2 Å². The third-order valence-electron chi connectivity index (χ3n) is 4.41. The highest BCUT2D eigenvalue weighted by Crippen LogP contribution is 2.37. The smallest absolute Gasteiger partial charge is 0.277 e. The van der Waals surface area contributed by atoms with Gasteiger partial charge in [-0.3, -0.25) is 4.79 Å². The molecule has 0 amide bonds. The lowest BCUT2D eigenvalue weighted by Crippen LogP contribution is -2.12. The summed E-state index contributed by atoms with van der Waals surface area (Å²) >= 11 is 10.3. The second-order valence-corrected chi connectivity index (χ2v) is 9.93. The minimum Gasteiger partial charge on any atom is -0.411 e. The van der Waals surface area contributed by atoms with Gasteiger partial charge in [0.2, 0.25) is 5.89 Å². The minimum absolute atomic E-state index is 0.139. The van der Waals surface area contributed by atoms with E-state index in [4.69, 9.17) is 16.0 Å². The summed E-state index contributed by atoms with van der Waals surface area (Å²) in [6.07, 6.45) is 0. The van der Waals surface area contributed by atoms with Crippen molar-refractivity contribution in [2.45, 2.75) is 17.4 Å². The topological polar surface area (TPSA) is 84.7 Å². The van der Waals surface area contributed by atoms with Crippen molar-refractivity contribution in [1.82, 2.24) is 20.2 Å². The Balaban J connectivity index is 1.41. The molecule has 30 heavy (non-hydrogen) atoms. The van der Waals surface area contributed by atoms with Crippen LogP contribution >= 0.6 is 46.0 Å². The molecule has 10 heteroatoms. The molecule has 4 heterocycles. The lowest BCUT2D eigenvalue weighted by molar-refractivity contribution is 0.465. The van der Waals surface area contributed by atoms with Gasteiger partial charge < -0.3 is 9.40 Å². The van der Waals surface area contributed by atoms with Crippen molar-refractivity contribution in [2.75, 3.05) is 0 Å². The third kappa shape index (κ3) is 3.69. The molecule has 0 fully saturated rings. The van der Waals surface area contributed by atoms with E-state index < -0.39 is 0 Å². The fourth-order valence-electron chi connectivity index (χ4n) is 2.94. The third-order valence-corrected chi connectivity index (χ3v) is 7.38. The van der Waals surface area contributed by atoms with E-state index in [0.717, 1.165) is 20.8 Å². The summed E-state index contributed by atoms with van der Waals surface area (Å²) in [5.41, 5.74) is 1.58. The Kier molecular flexibility index (Phi) is 5.20. The van der Waals surface area contributed by atoms with Crippen molar-refractivity contribution in [3.63, 3.8) is 0 Å². The number of hydrogen-bond donors (Lipinski definition) is 1. The number of rotatable bonds is 5. The lowest BCUT2D eigenvalue weighted by Gasteiger charge is -2.07. The highest BCUT2D eigenvalue weighted by atomic mass is 35.5. The van der Waals surface area contributed by atoms with E-state index in [0.29, 0.717) is 27.3 Å². The Morgan fingerprint density at radius 2 is 2.00 bits per heavy atom. The van der Waals surface area contributed by atoms with Crippen molar-refractivity contribution in [2.24, 2.45) is 0 Å². The van der Waals surface area contributed by atoms with Crippen LogP contribution in [0.1, 0.15) is 18.0 Å². The van der Waals surface area contributed by atoms with Gasteiger partial charge in [0.05, 0.1) is 10.6 Å². The van der Waals surface area contributed by atoms with Gasteiger partial charge >= 0.3 is 0 Å². The van der Waals surface area contributed by atoms with E-state index in [9.17, 15) is 4.79 Å². The molecule has 1 atom stereocenters. The van der Waals surface area contributed by atoms with Crippen LogP contribution in [-0.2, 0) is 0 Å².